The first-order valence-electron chi connectivity index (χ1n) is 41.3. The second kappa shape index (κ2) is 51.4. The topological polar surface area (TPSA) is 436 Å². The number of hydrogen-bond acceptors (Lipinski definition) is 34. The first-order valence-corrected chi connectivity index (χ1v) is 46.2. The number of thioether (sulfide) groups is 5. The van der Waals surface area contributed by atoms with Gasteiger partial charge in [0.25, 0.3) is 0 Å². The zero-order valence-corrected chi connectivity index (χ0v) is 80.7. The number of pyridine rings is 5. The molecule has 35 nitrogen and oxygen atoms in total. The van der Waals surface area contributed by atoms with Crippen molar-refractivity contribution in [3.8, 4) is 115 Å². The average molecular weight is 1910 g/mol. The van der Waals surface area contributed by atoms with Crippen molar-refractivity contribution in [2.75, 3.05) is 98.2 Å². The zero-order chi connectivity index (χ0) is 94.0. The fraction of sp³-hybridized carbons (Fsp3) is 0.247. The molecule has 41 heteroatoms. The smallest absolute Gasteiger partial charge is 0.549 e. The number of carbonyl (C=O) groups is 5. The van der Waals surface area contributed by atoms with Crippen molar-refractivity contribution in [1.29, 1.82) is 0 Å². The number of nitrogens with zero attached hydrogens (tertiary/aromatic N) is 21. The van der Waals surface area contributed by atoms with Crippen LogP contribution in [0, 0.1) is 11.3 Å². The van der Waals surface area contributed by atoms with Gasteiger partial charge in [-0.05, 0) is 140 Å². The van der Waals surface area contributed by atoms with Gasteiger partial charge in [-0.1, -0.05) is 126 Å². The van der Waals surface area contributed by atoms with Gasteiger partial charge in [0.2, 0.25) is 5.91 Å². The third-order valence-corrected chi connectivity index (χ3v) is 24.4. The van der Waals surface area contributed by atoms with Crippen LogP contribution < -0.4 is 58.3 Å². The summed E-state index contributed by atoms with van der Waals surface area (Å²) in [5.41, 5.74) is 6.23. The van der Waals surface area contributed by atoms with Crippen LogP contribution in [0.25, 0.3) is 86.0 Å². The molecule has 1 amide bonds. The van der Waals surface area contributed by atoms with Gasteiger partial charge in [0, 0.05) is 106 Å². The quantitative estimate of drug-likeness (QED) is 0.0239. The SMILES string of the molecule is CCC(=O)CSc1nnc(-c2ccccn2)n1-c1cccc(OC)c1.COc1cccc(-n2c(SCC(=O)CC(CO)(CO)CO)nnc2-c2ccccn2)c1.COc1cccc(-n2c(SCC(=O)CC3CC3)nnc2-c2ccccn2)c1.COc1cccc(-n2c(SCC(=O)N(C)C)nnc2-c2ccccn2)c1.COc1cccc(-n2c(SCC(=O)[O-])nnc2-c2ccccn2)c1.[Na+]. The van der Waals surface area contributed by atoms with Gasteiger partial charge >= 0.3 is 29.6 Å². The number of methoxy groups -OCH3 is 5. The zero-order valence-electron chi connectivity index (χ0n) is 74.6. The minimum Gasteiger partial charge on any atom is -0.549 e. The van der Waals surface area contributed by atoms with Crippen LogP contribution in [-0.4, -0.2) is 246 Å². The molecular weight excluding hydrogens is 1820 g/mol. The molecule has 10 heterocycles. The molecule has 3 N–H and O–H groups in total. The summed E-state index contributed by atoms with van der Waals surface area (Å²) >= 11 is 6.35. The number of amides is 1. The Morgan fingerprint density at radius 1 is 0.366 bits per heavy atom. The van der Waals surface area contributed by atoms with Gasteiger partial charge in [0.05, 0.1) is 113 Å². The van der Waals surface area contributed by atoms with E-state index in [1.165, 1.54) is 59.9 Å². The monoisotopic (exact) mass is 1910 g/mol. The third-order valence-electron chi connectivity index (χ3n) is 19.6. The van der Waals surface area contributed by atoms with E-state index in [1.54, 1.807) is 101 Å². The Morgan fingerprint density at radius 3 is 0.858 bits per heavy atom. The van der Waals surface area contributed by atoms with Gasteiger partial charge < -0.3 is 53.8 Å². The number of ether oxygens (including phenoxy) is 5. The summed E-state index contributed by atoms with van der Waals surface area (Å²) in [7, 11) is 11.5. The van der Waals surface area contributed by atoms with E-state index in [0.717, 1.165) is 63.1 Å². The van der Waals surface area contributed by atoms with E-state index in [4.69, 9.17) is 23.7 Å². The number of aliphatic hydroxyl groups excluding tert-OH is 3. The molecule has 0 unspecified atom stereocenters. The Labute approximate surface area is 815 Å². The second-order valence-electron chi connectivity index (χ2n) is 29.2. The number of benzene rings is 5. The van der Waals surface area contributed by atoms with Crippen molar-refractivity contribution >= 4 is 88.0 Å². The molecule has 0 aliphatic heterocycles. The summed E-state index contributed by atoms with van der Waals surface area (Å²) in [4.78, 5) is 82.5. The van der Waals surface area contributed by atoms with Crippen molar-refractivity contribution in [2.45, 2.75) is 64.8 Å². The van der Waals surface area contributed by atoms with Crippen LogP contribution in [0.2, 0.25) is 0 Å². The number of carbonyl (C=O) groups excluding carboxylic acids is 5. The van der Waals surface area contributed by atoms with Gasteiger partial charge in [0.15, 0.2) is 54.9 Å². The normalized spacial score (nSPS) is 11.3. The van der Waals surface area contributed by atoms with E-state index in [9.17, 15) is 44.4 Å². The van der Waals surface area contributed by atoms with Gasteiger partial charge in [-0.2, -0.15) is 0 Å². The molecule has 686 valence electrons. The van der Waals surface area contributed by atoms with Crippen molar-refractivity contribution in [2.24, 2.45) is 11.3 Å². The van der Waals surface area contributed by atoms with Crippen molar-refractivity contribution < 1.29 is 97.6 Å². The van der Waals surface area contributed by atoms with Crippen LogP contribution >= 0.6 is 58.8 Å². The van der Waals surface area contributed by atoms with E-state index in [2.05, 4.69) is 75.9 Å². The fourth-order valence-corrected chi connectivity index (χ4v) is 16.6. The molecule has 0 spiro atoms. The molecule has 1 fully saturated rings. The number of hydrogen-bond donors (Lipinski definition) is 3. The predicted molar refractivity (Wildman–Crippen MR) is 504 cm³/mol. The standard InChI is InChI=1S/C21H24N4O5S.C20H20N4O2S.C18H19N5O2S.C18H18N4O2S.C16H14N4O3S.Na/c1-30-17-6-4-5-15(9-17)25-19(18-7-2-3-8-22-18)23-24-20(25)31-11-16(29)10-21(12-26,13-27)14-28;1-26-17-6-4-5-15(12-17)24-19(18-7-2-3-10-21-18)22-23-20(24)27-13-16(25)11-14-8-9-14;1-22(2)16(24)12-26-18-21-20-17(15-9-4-5-10-19-15)23(18)13-7-6-8-14(11-13)25-3;1-3-14(23)12-25-18-21-20-17(16-9-4-5-10-19-16)22(18)13-7-6-8-15(11-13)24-2;1-23-12-6-4-5-11(9-12)20-15(13-7-2-3-8-17-13)18-19-16(20)24-10-14(21)22;/h2-9,26-28H,10-14H2,1H3;2-7,10,12,14H,8-9,11,13H2,1H3;4-11H,12H2,1-3H3;4-11H,3,12H2,1-2H3;2-9H,10H2,1H3,(H,21,22);/q;;;;;+1/p-1. The predicted octanol–water partition coefficient (Wildman–Crippen LogP) is 9.26. The Balaban J connectivity index is 0.000000161. The molecule has 134 heavy (non-hydrogen) atoms. The molecule has 1 aliphatic carbocycles. The van der Waals surface area contributed by atoms with E-state index in [-0.39, 0.29) is 76.5 Å². The fourth-order valence-electron chi connectivity index (χ4n) is 12.4. The van der Waals surface area contributed by atoms with Crippen LogP contribution in [0.1, 0.15) is 39.0 Å². The van der Waals surface area contributed by atoms with Crippen LogP contribution in [0.15, 0.2) is 269 Å². The summed E-state index contributed by atoms with van der Waals surface area (Å²) in [5.74, 6) is 6.93. The molecule has 0 atom stereocenters. The Kier molecular flexibility index (Phi) is 39.0. The molecule has 16 rings (SSSR count). The number of rotatable bonds is 38. The number of carboxylic acid groups (broad SMARTS) is 1. The van der Waals surface area contributed by atoms with Crippen LogP contribution in [0.4, 0.5) is 0 Å². The molecule has 0 saturated heterocycles. The Hall–Kier alpha value is -12.9. The third kappa shape index (κ3) is 27.9. The minimum absolute atomic E-state index is 0. The molecule has 1 saturated carbocycles. The number of carboxylic acids is 1. The maximum absolute atomic E-state index is 12.5. The van der Waals surface area contributed by atoms with Crippen molar-refractivity contribution in [3.63, 3.8) is 0 Å². The minimum atomic E-state index is -1.24. The van der Waals surface area contributed by atoms with Gasteiger partial charge in [-0.25, -0.2) is 0 Å². The van der Waals surface area contributed by atoms with Gasteiger partial charge in [-0.3, -0.25) is 66.9 Å². The van der Waals surface area contributed by atoms with Crippen molar-refractivity contribution in [1.82, 2.24) is 104 Å². The molecule has 15 aromatic rings. The van der Waals surface area contributed by atoms with Crippen LogP contribution in [0.5, 0.6) is 28.7 Å². The number of ketones is 3. The van der Waals surface area contributed by atoms with Crippen LogP contribution in [-0.2, 0) is 24.0 Å². The summed E-state index contributed by atoms with van der Waals surface area (Å²) in [6.07, 6.45) is 11.9. The van der Waals surface area contributed by atoms with E-state index in [1.807, 2.05) is 227 Å². The van der Waals surface area contributed by atoms with Gasteiger partial charge in [-0.15, -0.1) is 51.0 Å². The summed E-state index contributed by atoms with van der Waals surface area (Å²) in [5, 5.41) is 84.6. The molecule has 10 aromatic heterocycles. The molecule has 0 bridgehead atoms. The van der Waals surface area contributed by atoms with Crippen molar-refractivity contribution in [3.05, 3.63) is 243 Å². The summed E-state index contributed by atoms with van der Waals surface area (Å²) in [6.45, 7) is 0.398. The second-order valence-corrected chi connectivity index (χ2v) is 33.9. The first kappa shape index (κ1) is 102. The van der Waals surface area contributed by atoms with E-state index >= 15 is 0 Å². The first-order chi connectivity index (χ1) is 64.8. The van der Waals surface area contributed by atoms with E-state index < -0.39 is 31.2 Å². The Morgan fingerprint density at radius 2 is 0.627 bits per heavy atom. The van der Waals surface area contributed by atoms with Gasteiger partial charge in [0.1, 0.15) is 74.6 Å². The van der Waals surface area contributed by atoms with Crippen LogP contribution in [0.3, 0.4) is 0 Å². The number of aliphatic hydroxyl groups is 3. The van der Waals surface area contributed by atoms with E-state index in [0.29, 0.717) is 119 Å². The number of aliphatic carboxylic acids is 1. The average Bonchev–Trinajstić information content (AvgIpc) is 1.73. The summed E-state index contributed by atoms with van der Waals surface area (Å²) in [6, 6.07) is 65.5. The molecular formula is C93H94N21NaO14S5. The number of aromatic nitrogens is 20. The molecule has 1 aliphatic rings. The summed E-state index contributed by atoms with van der Waals surface area (Å²) < 4.78 is 35.9. The maximum Gasteiger partial charge on any atom is 1.00 e. The number of Topliss-reactive ketones (excluding diaryl/α,β-unsaturated/α-hetero) is 3. The maximum atomic E-state index is 12.5. The molecule has 0 radical (unpaired) electrons. The Bertz CT molecular complexity index is 6310. The molecule has 5 aromatic carbocycles. The largest absolute Gasteiger partial charge is 1.00 e.